The van der Waals surface area contributed by atoms with Gasteiger partial charge in [0.15, 0.2) is 5.82 Å². The van der Waals surface area contributed by atoms with Crippen LogP contribution in [0.5, 0.6) is 0 Å². The maximum Gasteiger partial charge on any atom is 0.321 e. The highest BCUT2D eigenvalue weighted by Gasteiger charge is 2.29. The van der Waals surface area contributed by atoms with Crippen LogP contribution in [-0.4, -0.2) is 29.3 Å². The number of hydrogen-bond acceptors (Lipinski definition) is 5. The lowest BCUT2D eigenvalue weighted by Crippen LogP contribution is -2.38. The molecular formula is C10H16N4O. The minimum absolute atomic E-state index is 0.436. The Hall–Kier alpha value is -1.10. The van der Waals surface area contributed by atoms with E-state index in [1.54, 1.807) is 0 Å². The summed E-state index contributed by atoms with van der Waals surface area (Å²) in [5.41, 5.74) is 0. The van der Waals surface area contributed by atoms with Crippen molar-refractivity contribution in [2.45, 2.75) is 37.6 Å². The number of nitrogens with zero attached hydrogens (tertiary/aromatic N) is 2. The number of aromatic nitrogens is 2. The van der Waals surface area contributed by atoms with Gasteiger partial charge >= 0.3 is 6.01 Å². The largest absolute Gasteiger partial charge is 0.334 e. The second-order valence-corrected chi connectivity index (χ2v) is 4.42. The Kier molecular flexibility index (Phi) is 2.32. The zero-order chi connectivity index (χ0) is 10.1. The van der Waals surface area contributed by atoms with Crippen molar-refractivity contribution in [3.05, 3.63) is 5.82 Å². The van der Waals surface area contributed by atoms with Crippen LogP contribution in [0, 0.1) is 0 Å². The fourth-order valence-corrected chi connectivity index (χ4v) is 1.95. The van der Waals surface area contributed by atoms with Crippen LogP contribution in [0.3, 0.4) is 0 Å². The molecule has 0 spiro atoms. The molecule has 1 aromatic rings. The van der Waals surface area contributed by atoms with E-state index in [0.717, 1.165) is 18.9 Å². The van der Waals surface area contributed by atoms with E-state index in [1.807, 2.05) is 0 Å². The molecule has 1 aliphatic carbocycles. The summed E-state index contributed by atoms with van der Waals surface area (Å²) >= 11 is 0. The number of rotatable bonds is 3. The van der Waals surface area contributed by atoms with Gasteiger partial charge in [0, 0.05) is 18.5 Å². The minimum atomic E-state index is 0.436. The summed E-state index contributed by atoms with van der Waals surface area (Å²) in [6.45, 7) is 2.11. The normalized spacial score (nSPS) is 26.5. The molecular weight excluding hydrogens is 192 g/mol. The molecule has 2 aliphatic rings. The molecule has 2 heterocycles. The van der Waals surface area contributed by atoms with E-state index in [2.05, 4.69) is 20.8 Å². The third kappa shape index (κ3) is 2.12. The fourth-order valence-electron chi connectivity index (χ4n) is 1.95. The summed E-state index contributed by atoms with van der Waals surface area (Å²) < 4.78 is 5.17. The Morgan fingerprint density at radius 1 is 1.33 bits per heavy atom. The molecule has 1 aliphatic heterocycles. The van der Waals surface area contributed by atoms with Crippen LogP contribution in [0.2, 0.25) is 0 Å². The van der Waals surface area contributed by atoms with Crippen molar-refractivity contribution in [3.8, 4) is 0 Å². The molecule has 15 heavy (non-hydrogen) atoms. The van der Waals surface area contributed by atoms with Crippen LogP contribution in [0.1, 0.15) is 37.4 Å². The van der Waals surface area contributed by atoms with Crippen molar-refractivity contribution in [1.29, 1.82) is 0 Å². The molecule has 0 amide bonds. The zero-order valence-electron chi connectivity index (χ0n) is 8.70. The standard InChI is InChI=1S/C10H16N4O/c1-2-8(6-11-5-1)12-10-13-9(14-15-10)7-3-4-7/h7-8,11H,1-6H2,(H,12,13,14). The van der Waals surface area contributed by atoms with Gasteiger partial charge in [-0.05, 0) is 32.2 Å². The molecule has 2 N–H and O–H groups in total. The molecule has 1 aromatic heterocycles. The Labute approximate surface area is 88.6 Å². The maximum atomic E-state index is 5.17. The summed E-state index contributed by atoms with van der Waals surface area (Å²) in [5, 5.41) is 10.6. The summed E-state index contributed by atoms with van der Waals surface area (Å²) in [6.07, 6.45) is 4.81. The number of anilines is 1. The topological polar surface area (TPSA) is 63.0 Å². The lowest BCUT2D eigenvalue weighted by atomic mass is 10.1. The van der Waals surface area contributed by atoms with E-state index in [-0.39, 0.29) is 0 Å². The molecule has 0 radical (unpaired) electrons. The Bertz CT molecular complexity index is 328. The van der Waals surface area contributed by atoms with E-state index >= 15 is 0 Å². The summed E-state index contributed by atoms with van der Waals surface area (Å²) in [6, 6.07) is 1.02. The van der Waals surface area contributed by atoms with E-state index in [0.29, 0.717) is 18.0 Å². The third-order valence-electron chi connectivity index (χ3n) is 3.01. The molecule has 5 heteroatoms. The van der Waals surface area contributed by atoms with Crippen molar-refractivity contribution in [2.24, 2.45) is 0 Å². The molecule has 0 bridgehead atoms. The van der Waals surface area contributed by atoms with Crippen molar-refractivity contribution in [3.63, 3.8) is 0 Å². The van der Waals surface area contributed by atoms with Crippen LogP contribution < -0.4 is 10.6 Å². The van der Waals surface area contributed by atoms with Crippen molar-refractivity contribution in [2.75, 3.05) is 18.4 Å². The Morgan fingerprint density at radius 3 is 3.00 bits per heavy atom. The average molecular weight is 208 g/mol. The van der Waals surface area contributed by atoms with Gasteiger partial charge in [0.1, 0.15) is 0 Å². The van der Waals surface area contributed by atoms with E-state index in [9.17, 15) is 0 Å². The van der Waals surface area contributed by atoms with Gasteiger partial charge < -0.3 is 15.2 Å². The van der Waals surface area contributed by atoms with Crippen LogP contribution in [-0.2, 0) is 0 Å². The molecule has 82 valence electrons. The molecule has 2 fully saturated rings. The van der Waals surface area contributed by atoms with Gasteiger partial charge in [-0.2, -0.15) is 4.98 Å². The highest BCUT2D eigenvalue weighted by atomic mass is 16.5. The smallest absolute Gasteiger partial charge is 0.321 e. The van der Waals surface area contributed by atoms with Gasteiger partial charge in [0.2, 0.25) is 0 Å². The SMILES string of the molecule is C1CNCC(Nc2nc(C3CC3)no2)C1. The van der Waals surface area contributed by atoms with Crippen LogP contribution in [0.15, 0.2) is 4.52 Å². The summed E-state index contributed by atoms with van der Waals surface area (Å²) in [5.74, 6) is 1.44. The molecule has 1 unspecified atom stereocenters. The summed E-state index contributed by atoms with van der Waals surface area (Å²) in [7, 11) is 0. The third-order valence-corrected chi connectivity index (χ3v) is 3.01. The van der Waals surface area contributed by atoms with Crippen molar-refractivity contribution >= 4 is 6.01 Å². The van der Waals surface area contributed by atoms with Crippen LogP contribution >= 0.6 is 0 Å². The van der Waals surface area contributed by atoms with E-state index in [1.165, 1.54) is 25.7 Å². The molecule has 1 saturated heterocycles. The molecule has 1 saturated carbocycles. The van der Waals surface area contributed by atoms with Crippen molar-refractivity contribution in [1.82, 2.24) is 15.5 Å². The minimum Gasteiger partial charge on any atom is -0.334 e. The molecule has 3 rings (SSSR count). The lowest BCUT2D eigenvalue weighted by Gasteiger charge is -2.22. The van der Waals surface area contributed by atoms with Gasteiger partial charge in [0.05, 0.1) is 0 Å². The summed E-state index contributed by atoms with van der Waals surface area (Å²) in [4.78, 5) is 4.35. The lowest BCUT2D eigenvalue weighted by molar-refractivity contribution is 0.406. The zero-order valence-corrected chi connectivity index (χ0v) is 8.70. The van der Waals surface area contributed by atoms with Gasteiger partial charge in [-0.25, -0.2) is 0 Å². The predicted octanol–water partition coefficient (Wildman–Crippen LogP) is 1.11. The highest BCUT2D eigenvalue weighted by molar-refractivity contribution is 5.23. The van der Waals surface area contributed by atoms with Crippen LogP contribution in [0.25, 0.3) is 0 Å². The number of hydrogen-bond donors (Lipinski definition) is 2. The van der Waals surface area contributed by atoms with Gasteiger partial charge in [-0.3, -0.25) is 0 Å². The predicted molar refractivity (Wildman–Crippen MR) is 55.8 cm³/mol. The molecule has 1 atom stereocenters. The fraction of sp³-hybridized carbons (Fsp3) is 0.800. The van der Waals surface area contributed by atoms with Gasteiger partial charge in [-0.1, -0.05) is 5.16 Å². The van der Waals surface area contributed by atoms with Gasteiger partial charge in [-0.15, -0.1) is 0 Å². The quantitative estimate of drug-likeness (QED) is 0.779. The first kappa shape index (κ1) is 9.15. The monoisotopic (exact) mass is 208 g/mol. The maximum absolute atomic E-state index is 5.17. The first-order valence-electron chi connectivity index (χ1n) is 5.72. The number of piperidine rings is 1. The average Bonchev–Trinajstić information content (AvgIpc) is 3.02. The first-order chi connectivity index (χ1) is 7.42. The number of nitrogens with one attached hydrogen (secondary N) is 2. The van der Waals surface area contributed by atoms with E-state index in [4.69, 9.17) is 4.52 Å². The second-order valence-electron chi connectivity index (χ2n) is 4.42. The van der Waals surface area contributed by atoms with Crippen molar-refractivity contribution < 1.29 is 4.52 Å². The van der Waals surface area contributed by atoms with Crippen LogP contribution in [0.4, 0.5) is 6.01 Å². The molecule has 0 aromatic carbocycles. The van der Waals surface area contributed by atoms with E-state index < -0.39 is 0 Å². The second kappa shape index (κ2) is 3.81. The molecule has 5 nitrogen and oxygen atoms in total. The van der Waals surface area contributed by atoms with Gasteiger partial charge in [0.25, 0.3) is 0 Å². The Balaban J connectivity index is 1.60. The highest BCUT2D eigenvalue weighted by Crippen LogP contribution is 2.38. The Morgan fingerprint density at radius 2 is 2.27 bits per heavy atom. The first-order valence-corrected chi connectivity index (χ1v) is 5.72.